The molecule has 0 fully saturated rings. The molecule has 0 saturated carbocycles. The molecule has 28 heavy (non-hydrogen) atoms. The fraction of sp³-hybridized carbons (Fsp3) is 0.222. The first-order valence-electron chi connectivity index (χ1n) is 8.38. The Bertz CT molecular complexity index is 940. The molecule has 0 bridgehead atoms. The Morgan fingerprint density at radius 3 is 2.50 bits per heavy atom. The van der Waals surface area contributed by atoms with Crippen molar-refractivity contribution in [2.45, 2.75) is 12.5 Å². The van der Waals surface area contributed by atoms with Crippen molar-refractivity contribution < 1.29 is 29.4 Å². The summed E-state index contributed by atoms with van der Waals surface area (Å²) in [6, 6.07) is 8.32. The Morgan fingerprint density at radius 1 is 1.14 bits per heavy atom. The Labute approximate surface area is 163 Å². The molecule has 1 aliphatic rings. The number of aliphatic carboxylic acids is 1. The van der Waals surface area contributed by atoms with Gasteiger partial charge in [0.15, 0.2) is 0 Å². The minimum atomic E-state index is -1.70. The van der Waals surface area contributed by atoms with Crippen LogP contribution in [0.3, 0.4) is 0 Å². The van der Waals surface area contributed by atoms with Gasteiger partial charge in [-0.25, -0.2) is 9.59 Å². The largest absolute Gasteiger partial charge is 0.478 e. The van der Waals surface area contributed by atoms with E-state index in [0.29, 0.717) is 29.0 Å². The third-order valence-corrected chi connectivity index (χ3v) is 5.52. The Balaban J connectivity index is 1.82. The summed E-state index contributed by atoms with van der Waals surface area (Å²) in [7, 11) is 0. The second-order valence-corrected chi connectivity index (χ2v) is 7.10. The third kappa shape index (κ3) is 4.02. The van der Waals surface area contributed by atoms with E-state index < -0.39 is 17.8 Å². The summed E-state index contributed by atoms with van der Waals surface area (Å²) in [5.41, 5.74) is 0.941. The molecule has 146 valence electrons. The Morgan fingerprint density at radius 2 is 1.86 bits per heavy atom. The first-order chi connectivity index (χ1) is 13.4. The highest BCUT2D eigenvalue weighted by Gasteiger charge is 2.31. The van der Waals surface area contributed by atoms with Crippen LogP contribution < -0.4 is 16.0 Å². The number of hydrogen-bond acceptors (Lipinski definition) is 6. The summed E-state index contributed by atoms with van der Waals surface area (Å²) < 4.78 is 0. The molecule has 1 aliphatic heterocycles. The Hall–Kier alpha value is -3.24. The van der Waals surface area contributed by atoms with Crippen LogP contribution in [0.25, 0.3) is 0 Å². The molecule has 2 aromatic rings. The maximum Gasteiger partial charge on any atom is 0.394 e. The molecule has 1 aromatic carbocycles. The van der Waals surface area contributed by atoms with Crippen LogP contribution in [0.2, 0.25) is 0 Å². The van der Waals surface area contributed by atoms with E-state index in [1.54, 1.807) is 30.3 Å². The molecular formula is C18H17N3O6S. The third-order valence-electron chi connectivity index (χ3n) is 4.26. The summed E-state index contributed by atoms with van der Waals surface area (Å²) in [5.74, 6) is -4.51. The van der Waals surface area contributed by atoms with Gasteiger partial charge in [0.2, 0.25) is 0 Å². The zero-order valence-electron chi connectivity index (χ0n) is 14.5. The summed E-state index contributed by atoms with van der Waals surface area (Å²) in [6.45, 7) is 0.703. The van der Waals surface area contributed by atoms with E-state index in [9.17, 15) is 24.3 Å². The smallest absolute Gasteiger partial charge is 0.394 e. The van der Waals surface area contributed by atoms with E-state index in [2.05, 4.69) is 16.0 Å². The molecule has 0 aliphatic carbocycles. The molecule has 3 rings (SSSR count). The van der Waals surface area contributed by atoms with Crippen LogP contribution in [0.4, 0.5) is 5.00 Å². The normalized spacial score (nSPS) is 15.4. The van der Waals surface area contributed by atoms with Crippen LogP contribution in [-0.4, -0.2) is 47.1 Å². The van der Waals surface area contributed by atoms with E-state index >= 15 is 0 Å². The van der Waals surface area contributed by atoms with Gasteiger partial charge in [0, 0.05) is 17.0 Å². The predicted molar refractivity (Wildman–Crippen MR) is 101 cm³/mol. The van der Waals surface area contributed by atoms with Crippen molar-refractivity contribution in [1.29, 1.82) is 0 Å². The van der Waals surface area contributed by atoms with Crippen molar-refractivity contribution in [3.05, 3.63) is 51.9 Å². The highest BCUT2D eigenvalue weighted by atomic mass is 32.1. The molecule has 1 unspecified atom stereocenters. The van der Waals surface area contributed by atoms with Gasteiger partial charge in [-0.05, 0) is 30.7 Å². The molecule has 0 radical (unpaired) electrons. The van der Waals surface area contributed by atoms with E-state index in [1.165, 1.54) is 0 Å². The van der Waals surface area contributed by atoms with Gasteiger partial charge in [-0.2, -0.15) is 0 Å². The van der Waals surface area contributed by atoms with Crippen LogP contribution >= 0.6 is 11.3 Å². The van der Waals surface area contributed by atoms with E-state index in [-0.39, 0.29) is 29.1 Å². The molecule has 2 heterocycles. The molecule has 10 heteroatoms. The van der Waals surface area contributed by atoms with Gasteiger partial charge < -0.3 is 26.2 Å². The number of carboxylic acids is 2. The topological polar surface area (TPSA) is 145 Å². The lowest BCUT2D eigenvalue weighted by atomic mass is 9.99. The number of carbonyl (C=O) groups is 4. The minimum absolute atomic E-state index is 0.0204. The quantitative estimate of drug-likeness (QED) is 0.470. The molecule has 0 spiro atoms. The number of rotatable bonds is 5. The molecule has 5 N–H and O–H groups in total. The number of thiophene rings is 1. The van der Waals surface area contributed by atoms with Crippen molar-refractivity contribution in [2.75, 3.05) is 18.4 Å². The fourth-order valence-electron chi connectivity index (χ4n) is 3.00. The maximum absolute atomic E-state index is 12.2. The number of fused-ring (bicyclic) bond motifs is 1. The lowest BCUT2D eigenvalue weighted by Gasteiger charge is -2.24. The number of hydrogen-bond donors (Lipinski definition) is 5. The van der Waals surface area contributed by atoms with Gasteiger partial charge in [-0.1, -0.05) is 18.2 Å². The molecule has 2 amide bonds. The lowest BCUT2D eigenvalue weighted by Crippen LogP contribution is -2.38. The zero-order chi connectivity index (χ0) is 20.3. The number of amides is 2. The number of carbonyl (C=O) groups excluding carboxylic acids is 2. The summed E-state index contributed by atoms with van der Waals surface area (Å²) in [4.78, 5) is 46.9. The van der Waals surface area contributed by atoms with Gasteiger partial charge in [-0.3, -0.25) is 9.59 Å². The minimum Gasteiger partial charge on any atom is -0.478 e. The lowest BCUT2D eigenvalue weighted by molar-refractivity contribution is -0.147. The predicted octanol–water partition coefficient (Wildman–Crippen LogP) is 1.09. The van der Waals surface area contributed by atoms with Gasteiger partial charge in [-0.15, -0.1) is 11.3 Å². The average Bonchev–Trinajstić information content (AvgIpc) is 3.05. The fourth-order valence-corrected chi connectivity index (χ4v) is 4.31. The summed E-state index contributed by atoms with van der Waals surface area (Å²) >= 11 is 1.00. The highest BCUT2D eigenvalue weighted by Crippen LogP contribution is 2.39. The van der Waals surface area contributed by atoms with Crippen molar-refractivity contribution in [2.24, 2.45) is 0 Å². The van der Waals surface area contributed by atoms with Crippen molar-refractivity contribution >= 4 is 40.1 Å². The summed E-state index contributed by atoms with van der Waals surface area (Å²) in [5, 5.41) is 26.4. The molecule has 0 saturated heterocycles. The van der Waals surface area contributed by atoms with Crippen LogP contribution in [0.1, 0.15) is 37.2 Å². The first-order valence-corrected chi connectivity index (χ1v) is 9.20. The first kappa shape index (κ1) is 19.5. The van der Waals surface area contributed by atoms with Crippen LogP contribution in [0.5, 0.6) is 0 Å². The van der Waals surface area contributed by atoms with Crippen molar-refractivity contribution in [3.63, 3.8) is 0 Å². The maximum atomic E-state index is 12.2. The monoisotopic (exact) mass is 403 g/mol. The molecule has 1 aromatic heterocycles. The molecular weight excluding hydrogens is 386 g/mol. The number of aromatic carboxylic acids is 1. The SMILES string of the molecule is O=C(O)C(=O)Nc1sc2c(c1C(=O)O)CCNC2CNC(=O)c1ccccc1. The van der Waals surface area contributed by atoms with Gasteiger partial charge in [0.1, 0.15) is 5.00 Å². The number of benzene rings is 1. The van der Waals surface area contributed by atoms with Gasteiger partial charge in [0.25, 0.3) is 5.91 Å². The van der Waals surface area contributed by atoms with Crippen molar-refractivity contribution in [1.82, 2.24) is 10.6 Å². The highest BCUT2D eigenvalue weighted by molar-refractivity contribution is 7.17. The van der Waals surface area contributed by atoms with Gasteiger partial charge >= 0.3 is 17.8 Å². The van der Waals surface area contributed by atoms with Gasteiger partial charge in [0.05, 0.1) is 11.6 Å². The number of anilines is 1. The standard InChI is InChI=1S/C18H17N3O6S/c22-14(9-4-2-1-3-5-9)20-8-11-13-10(6-7-19-11)12(17(24)25)16(28-13)21-15(23)18(26)27/h1-5,11,19H,6-8H2,(H,20,22)(H,21,23)(H,24,25)(H,26,27). The van der Waals surface area contributed by atoms with E-state index in [4.69, 9.17) is 5.11 Å². The van der Waals surface area contributed by atoms with Crippen LogP contribution in [0.15, 0.2) is 30.3 Å². The Kier molecular flexibility index (Phi) is 5.71. The second-order valence-electron chi connectivity index (χ2n) is 6.05. The van der Waals surface area contributed by atoms with E-state index in [0.717, 1.165) is 11.3 Å². The van der Waals surface area contributed by atoms with Crippen LogP contribution in [0, 0.1) is 0 Å². The second kappa shape index (κ2) is 8.19. The summed E-state index contributed by atoms with van der Waals surface area (Å²) in [6.07, 6.45) is 0.416. The number of nitrogens with one attached hydrogen (secondary N) is 3. The van der Waals surface area contributed by atoms with Crippen molar-refractivity contribution in [3.8, 4) is 0 Å². The molecule has 1 atom stereocenters. The number of carboxylic acid groups (broad SMARTS) is 2. The average molecular weight is 403 g/mol. The zero-order valence-corrected chi connectivity index (χ0v) is 15.3. The van der Waals surface area contributed by atoms with E-state index in [1.807, 2.05) is 0 Å². The van der Waals surface area contributed by atoms with Crippen LogP contribution in [-0.2, 0) is 16.0 Å². The molecule has 9 nitrogen and oxygen atoms in total.